The Morgan fingerprint density at radius 3 is 2.48 bits per heavy atom. The average molecular weight is 285 g/mol. The van der Waals surface area contributed by atoms with E-state index in [-0.39, 0.29) is 11.7 Å². The lowest BCUT2D eigenvalue weighted by atomic mass is 9.98. The van der Waals surface area contributed by atoms with Crippen LogP contribution in [0.15, 0.2) is 36.4 Å². The van der Waals surface area contributed by atoms with E-state index in [9.17, 15) is 4.39 Å². The highest BCUT2D eigenvalue weighted by atomic mass is 19.1. The van der Waals surface area contributed by atoms with E-state index in [1.807, 2.05) is 32.9 Å². The van der Waals surface area contributed by atoms with Gasteiger partial charge in [-0.05, 0) is 48.7 Å². The quantitative estimate of drug-likeness (QED) is 0.572. The van der Waals surface area contributed by atoms with Gasteiger partial charge in [0.05, 0.1) is 5.69 Å². The second kappa shape index (κ2) is 5.95. The topological polar surface area (TPSA) is 61.9 Å². The number of nitrogens with one attached hydrogen (secondary N) is 2. The van der Waals surface area contributed by atoms with Crippen molar-refractivity contribution < 1.29 is 4.39 Å². The van der Waals surface area contributed by atoms with E-state index in [2.05, 4.69) is 5.32 Å². The van der Waals surface area contributed by atoms with Crippen molar-refractivity contribution in [2.75, 3.05) is 11.1 Å². The highest BCUT2D eigenvalue weighted by Crippen LogP contribution is 2.25. The van der Waals surface area contributed by atoms with Crippen molar-refractivity contribution in [2.45, 2.75) is 20.8 Å². The third-order valence-electron chi connectivity index (χ3n) is 3.32. The molecule has 0 aliphatic rings. The fourth-order valence-corrected chi connectivity index (χ4v) is 2.07. The molecular weight excluding hydrogens is 265 g/mol. The van der Waals surface area contributed by atoms with Crippen LogP contribution in [0.2, 0.25) is 0 Å². The Morgan fingerprint density at radius 1 is 1.19 bits per heavy atom. The van der Waals surface area contributed by atoms with Gasteiger partial charge in [-0.25, -0.2) is 4.39 Å². The van der Waals surface area contributed by atoms with Gasteiger partial charge in [0.1, 0.15) is 5.82 Å². The van der Waals surface area contributed by atoms with Gasteiger partial charge in [0.15, 0.2) is 0 Å². The van der Waals surface area contributed by atoms with E-state index in [0.717, 1.165) is 11.1 Å². The first-order valence-corrected chi connectivity index (χ1v) is 6.90. The summed E-state index contributed by atoms with van der Waals surface area (Å²) in [5.41, 5.74) is 9.73. The zero-order valence-corrected chi connectivity index (χ0v) is 12.5. The van der Waals surface area contributed by atoms with E-state index in [0.29, 0.717) is 22.8 Å². The summed E-state index contributed by atoms with van der Waals surface area (Å²) in [6.07, 6.45) is 0. The van der Waals surface area contributed by atoms with Crippen molar-refractivity contribution in [3.63, 3.8) is 0 Å². The van der Waals surface area contributed by atoms with Gasteiger partial charge in [-0.1, -0.05) is 19.9 Å². The Labute approximate surface area is 124 Å². The third-order valence-corrected chi connectivity index (χ3v) is 3.32. The summed E-state index contributed by atoms with van der Waals surface area (Å²) in [6, 6.07) is 10.4. The van der Waals surface area contributed by atoms with Gasteiger partial charge in [0, 0.05) is 22.6 Å². The first-order valence-electron chi connectivity index (χ1n) is 6.90. The Morgan fingerprint density at radius 2 is 1.90 bits per heavy atom. The van der Waals surface area contributed by atoms with Crippen LogP contribution >= 0.6 is 0 Å². The van der Waals surface area contributed by atoms with Crippen molar-refractivity contribution in [1.82, 2.24) is 0 Å². The minimum atomic E-state index is -0.299. The second-order valence-electron chi connectivity index (χ2n) is 5.48. The molecule has 2 aromatic rings. The highest BCUT2D eigenvalue weighted by Gasteiger charge is 2.10. The molecule has 0 bridgehead atoms. The highest BCUT2D eigenvalue weighted by molar-refractivity contribution is 6.04. The van der Waals surface area contributed by atoms with Crippen LogP contribution < -0.4 is 11.1 Å². The summed E-state index contributed by atoms with van der Waals surface area (Å²) in [6.45, 7) is 5.75. The largest absolute Gasteiger partial charge is 0.398 e. The molecule has 2 rings (SSSR count). The molecule has 0 radical (unpaired) electrons. The van der Waals surface area contributed by atoms with E-state index in [1.165, 1.54) is 6.07 Å². The van der Waals surface area contributed by atoms with Crippen molar-refractivity contribution in [3.8, 4) is 0 Å². The second-order valence-corrected chi connectivity index (χ2v) is 5.48. The molecule has 0 atom stereocenters. The molecular formula is C17H20FN3. The van der Waals surface area contributed by atoms with Gasteiger partial charge in [0.2, 0.25) is 0 Å². The van der Waals surface area contributed by atoms with E-state index >= 15 is 0 Å². The van der Waals surface area contributed by atoms with Gasteiger partial charge in [-0.3, -0.25) is 0 Å². The molecule has 0 heterocycles. The first kappa shape index (κ1) is 15.0. The maximum absolute atomic E-state index is 13.8. The molecule has 21 heavy (non-hydrogen) atoms. The van der Waals surface area contributed by atoms with Crippen LogP contribution in [0.1, 0.15) is 25.0 Å². The zero-order valence-electron chi connectivity index (χ0n) is 12.5. The van der Waals surface area contributed by atoms with Gasteiger partial charge in [-0.2, -0.15) is 0 Å². The summed E-state index contributed by atoms with van der Waals surface area (Å²) in [5, 5.41) is 11.0. The predicted molar refractivity (Wildman–Crippen MR) is 86.9 cm³/mol. The number of benzene rings is 2. The van der Waals surface area contributed by atoms with Crippen LogP contribution in [-0.2, 0) is 0 Å². The summed E-state index contributed by atoms with van der Waals surface area (Å²) >= 11 is 0. The number of nitrogens with two attached hydrogens (primary N) is 1. The number of halogens is 1. The fourth-order valence-electron chi connectivity index (χ4n) is 2.07. The molecule has 0 unspecified atom stereocenters. The van der Waals surface area contributed by atoms with Crippen LogP contribution in [0.4, 0.5) is 21.5 Å². The third kappa shape index (κ3) is 3.40. The van der Waals surface area contributed by atoms with Crippen LogP contribution in [0, 0.1) is 24.1 Å². The van der Waals surface area contributed by atoms with Gasteiger partial charge >= 0.3 is 0 Å². The molecule has 2 aromatic carbocycles. The van der Waals surface area contributed by atoms with E-state index in [4.69, 9.17) is 11.1 Å². The lowest BCUT2D eigenvalue weighted by molar-refractivity contribution is 0.631. The van der Waals surface area contributed by atoms with Gasteiger partial charge in [-0.15, -0.1) is 0 Å². The Balaban J connectivity index is 2.26. The van der Waals surface area contributed by atoms with Crippen LogP contribution in [0.3, 0.4) is 0 Å². The van der Waals surface area contributed by atoms with Gasteiger partial charge in [0.25, 0.3) is 0 Å². The Kier molecular flexibility index (Phi) is 4.26. The number of aryl methyl sites for hydroxylation is 1. The van der Waals surface area contributed by atoms with Crippen molar-refractivity contribution >= 4 is 22.8 Å². The van der Waals surface area contributed by atoms with Crippen LogP contribution in [0.5, 0.6) is 0 Å². The monoisotopic (exact) mass is 285 g/mol. The maximum Gasteiger partial charge on any atom is 0.146 e. The van der Waals surface area contributed by atoms with Gasteiger partial charge < -0.3 is 16.5 Å². The zero-order chi connectivity index (χ0) is 15.6. The van der Waals surface area contributed by atoms with Crippen molar-refractivity contribution in [2.24, 2.45) is 5.92 Å². The number of nitrogen functional groups attached to an aromatic ring is 1. The standard InChI is InChI=1S/C17H20FN3/c1-10(2)17(20)13-6-5-12(9-15(13)19)21-16-7-4-11(3)8-14(16)18/h4-10,20-21H,19H2,1-3H3. The number of anilines is 3. The molecule has 110 valence electrons. The van der Waals surface area contributed by atoms with Crippen molar-refractivity contribution in [1.29, 1.82) is 5.41 Å². The molecule has 0 saturated heterocycles. The minimum Gasteiger partial charge on any atom is -0.398 e. The van der Waals surface area contributed by atoms with Crippen LogP contribution in [-0.4, -0.2) is 5.71 Å². The molecule has 4 heteroatoms. The molecule has 4 N–H and O–H groups in total. The fraction of sp³-hybridized carbons (Fsp3) is 0.235. The number of hydrogen-bond donors (Lipinski definition) is 3. The summed E-state index contributed by atoms with van der Waals surface area (Å²) in [7, 11) is 0. The molecule has 0 aliphatic heterocycles. The van der Waals surface area contributed by atoms with E-state index in [1.54, 1.807) is 18.2 Å². The first-order chi connectivity index (χ1) is 9.88. The molecule has 0 saturated carbocycles. The summed E-state index contributed by atoms with van der Waals surface area (Å²) in [5.74, 6) is -0.187. The summed E-state index contributed by atoms with van der Waals surface area (Å²) in [4.78, 5) is 0. The lowest BCUT2D eigenvalue weighted by Gasteiger charge is -2.13. The Hall–Kier alpha value is -2.36. The molecule has 0 amide bonds. The molecule has 0 aliphatic carbocycles. The number of rotatable bonds is 4. The summed E-state index contributed by atoms with van der Waals surface area (Å²) < 4.78 is 13.8. The predicted octanol–water partition coefficient (Wildman–Crippen LogP) is 4.48. The SMILES string of the molecule is Cc1ccc(Nc2ccc(C(=N)C(C)C)c(N)c2)c(F)c1. The number of hydrogen-bond acceptors (Lipinski definition) is 3. The maximum atomic E-state index is 13.8. The smallest absolute Gasteiger partial charge is 0.146 e. The molecule has 0 fully saturated rings. The molecule has 0 spiro atoms. The van der Waals surface area contributed by atoms with E-state index < -0.39 is 0 Å². The Bertz CT molecular complexity index is 678. The molecule has 3 nitrogen and oxygen atoms in total. The minimum absolute atomic E-state index is 0.112. The van der Waals surface area contributed by atoms with Crippen molar-refractivity contribution in [3.05, 3.63) is 53.3 Å². The normalized spacial score (nSPS) is 10.7. The lowest BCUT2D eigenvalue weighted by Crippen LogP contribution is -2.10. The molecule has 0 aromatic heterocycles. The van der Waals surface area contributed by atoms with Crippen LogP contribution in [0.25, 0.3) is 0 Å². The average Bonchev–Trinajstić information content (AvgIpc) is 2.41.